The van der Waals surface area contributed by atoms with Gasteiger partial charge in [0, 0.05) is 11.6 Å². The molecule has 0 atom stereocenters. The lowest BCUT2D eigenvalue weighted by atomic mass is 10.3. The summed E-state index contributed by atoms with van der Waals surface area (Å²) in [5.74, 6) is -0.477. The number of hydrogen-bond acceptors (Lipinski definition) is 2. The molecule has 2 nitrogen and oxygen atoms in total. The van der Waals surface area contributed by atoms with Gasteiger partial charge in [-0.3, -0.25) is 0 Å². The molecular weight excluding hydrogens is 327 g/mol. The van der Waals surface area contributed by atoms with Gasteiger partial charge >= 0.3 is 0 Å². The molecule has 1 aromatic carbocycles. The summed E-state index contributed by atoms with van der Waals surface area (Å²) in [7, 11) is 0. The van der Waals surface area contributed by atoms with Gasteiger partial charge in [-0.25, -0.2) is 13.8 Å². The summed E-state index contributed by atoms with van der Waals surface area (Å²) in [6.45, 7) is 0. The minimum atomic E-state index is -0.500. The normalized spacial score (nSPS) is 10.4. The Morgan fingerprint density at radius 3 is 2.72 bits per heavy atom. The fourth-order valence-corrected chi connectivity index (χ4v) is 1.75. The fraction of sp³-hybridized carbons (Fsp3) is 0.0833. The molecule has 18 heavy (non-hydrogen) atoms. The van der Waals surface area contributed by atoms with Crippen LogP contribution in [0.3, 0.4) is 0 Å². The van der Waals surface area contributed by atoms with E-state index in [4.69, 9.17) is 16.3 Å². The van der Waals surface area contributed by atoms with Gasteiger partial charge in [-0.2, -0.15) is 0 Å². The van der Waals surface area contributed by atoms with Crippen molar-refractivity contribution in [1.82, 2.24) is 4.98 Å². The van der Waals surface area contributed by atoms with Crippen LogP contribution in [0, 0.1) is 11.6 Å². The molecule has 94 valence electrons. The van der Waals surface area contributed by atoms with Crippen molar-refractivity contribution in [3.8, 4) is 11.6 Å². The van der Waals surface area contributed by atoms with Crippen molar-refractivity contribution in [3.63, 3.8) is 0 Å². The zero-order valence-electron chi connectivity index (χ0n) is 8.96. The van der Waals surface area contributed by atoms with Crippen molar-refractivity contribution in [1.29, 1.82) is 0 Å². The summed E-state index contributed by atoms with van der Waals surface area (Å²) in [6, 6.07) is 5.50. The van der Waals surface area contributed by atoms with Crippen LogP contribution in [-0.2, 0) is 5.88 Å². The molecule has 0 radical (unpaired) electrons. The van der Waals surface area contributed by atoms with Crippen molar-refractivity contribution < 1.29 is 13.5 Å². The molecule has 0 spiro atoms. The first kappa shape index (κ1) is 13.2. The predicted octanol–water partition coefficient (Wildman–Crippen LogP) is 4.65. The van der Waals surface area contributed by atoms with Crippen LogP contribution in [0.5, 0.6) is 11.6 Å². The van der Waals surface area contributed by atoms with Crippen LogP contribution in [0.2, 0.25) is 0 Å². The number of pyridine rings is 1. The molecular formula is C12H7BrClF2NO. The molecule has 2 aromatic rings. The van der Waals surface area contributed by atoms with Crippen molar-refractivity contribution >= 4 is 27.5 Å². The zero-order valence-corrected chi connectivity index (χ0v) is 11.3. The molecule has 6 heteroatoms. The Balaban J connectivity index is 2.30. The van der Waals surface area contributed by atoms with E-state index in [9.17, 15) is 8.78 Å². The Kier molecular flexibility index (Phi) is 4.14. The Bertz CT molecular complexity index is 580. The van der Waals surface area contributed by atoms with E-state index in [0.29, 0.717) is 10.0 Å². The molecule has 0 aliphatic rings. The highest BCUT2D eigenvalue weighted by molar-refractivity contribution is 9.10. The Labute approximate surface area is 116 Å². The van der Waals surface area contributed by atoms with E-state index in [0.717, 1.165) is 6.20 Å². The largest absolute Gasteiger partial charge is 0.439 e. The molecule has 0 aliphatic heterocycles. The van der Waals surface area contributed by atoms with Crippen LogP contribution in [0.25, 0.3) is 0 Å². The molecule has 0 N–H and O–H groups in total. The van der Waals surface area contributed by atoms with Crippen LogP contribution in [0.1, 0.15) is 5.56 Å². The summed E-state index contributed by atoms with van der Waals surface area (Å²) < 4.78 is 31.9. The van der Waals surface area contributed by atoms with Crippen LogP contribution in [-0.4, -0.2) is 4.98 Å². The fourth-order valence-electron chi connectivity index (χ4n) is 1.31. The minimum absolute atomic E-state index is 0.0547. The van der Waals surface area contributed by atoms with Gasteiger partial charge in [-0.15, -0.1) is 11.6 Å². The number of benzene rings is 1. The number of alkyl halides is 1. The van der Waals surface area contributed by atoms with Gasteiger partial charge < -0.3 is 4.74 Å². The van der Waals surface area contributed by atoms with Crippen molar-refractivity contribution in [2.45, 2.75) is 5.88 Å². The second kappa shape index (κ2) is 5.63. The molecule has 0 aliphatic carbocycles. The molecule has 1 aromatic heterocycles. The smallest absolute Gasteiger partial charge is 0.223 e. The number of halogens is 4. The number of ether oxygens (including phenoxy) is 1. The standard InChI is InChI=1S/C12H7BrClF2NO/c13-10-2-1-9(4-11(10)16)18-12-7(5-14)3-8(15)6-17-12/h1-4,6H,5H2. The van der Waals surface area contributed by atoms with Crippen LogP contribution in [0.15, 0.2) is 34.9 Å². The van der Waals surface area contributed by atoms with E-state index in [2.05, 4.69) is 20.9 Å². The summed E-state index contributed by atoms with van der Waals surface area (Å²) in [5.41, 5.74) is 0.403. The van der Waals surface area contributed by atoms with Crippen molar-refractivity contribution in [2.75, 3.05) is 0 Å². The molecule has 0 amide bonds. The van der Waals surface area contributed by atoms with E-state index in [1.807, 2.05) is 0 Å². The third-order valence-electron chi connectivity index (χ3n) is 2.14. The van der Waals surface area contributed by atoms with Crippen LogP contribution < -0.4 is 4.74 Å². The predicted molar refractivity (Wildman–Crippen MR) is 67.9 cm³/mol. The van der Waals surface area contributed by atoms with E-state index >= 15 is 0 Å². The van der Waals surface area contributed by atoms with Gasteiger partial charge in [0.25, 0.3) is 0 Å². The van der Waals surface area contributed by atoms with E-state index in [1.165, 1.54) is 18.2 Å². The molecule has 0 saturated heterocycles. The lowest BCUT2D eigenvalue weighted by Crippen LogP contribution is -1.95. The lowest BCUT2D eigenvalue weighted by molar-refractivity contribution is 0.449. The SMILES string of the molecule is Fc1cnc(Oc2ccc(Br)c(F)c2)c(CCl)c1. The average molecular weight is 335 g/mol. The van der Waals surface area contributed by atoms with E-state index in [1.54, 1.807) is 6.07 Å². The van der Waals surface area contributed by atoms with Crippen LogP contribution >= 0.6 is 27.5 Å². The first-order valence-electron chi connectivity index (χ1n) is 4.93. The number of nitrogens with zero attached hydrogens (tertiary/aromatic N) is 1. The highest BCUT2D eigenvalue weighted by Gasteiger charge is 2.09. The first-order valence-corrected chi connectivity index (χ1v) is 6.26. The van der Waals surface area contributed by atoms with Gasteiger partial charge in [0.2, 0.25) is 5.88 Å². The maximum Gasteiger partial charge on any atom is 0.223 e. The highest BCUT2D eigenvalue weighted by Crippen LogP contribution is 2.27. The molecule has 0 bridgehead atoms. The number of rotatable bonds is 3. The summed E-state index contributed by atoms with van der Waals surface area (Å²) in [4.78, 5) is 3.78. The van der Waals surface area contributed by atoms with E-state index in [-0.39, 0.29) is 17.5 Å². The molecule has 1 heterocycles. The topological polar surface area (TPSA) is 22.1 Å². The van der Waals surface area contributed by atoms with Crippen molar-refractivity contribution in [2.24, 2.45) is 0 Å². The van der Waals surface area contributed by atoms with Gasteiger partial charge in [-0.1, -0.05) is 0 Å². The quantitative estimate of drug-likeness (QED) is 0.762. The van der Waals surface area contributed by atoms with Gasteiger partial charge in [0.1, 0.15) is 17.4 Å². The Hall–Kier alpha value is -1.20. The average Bonchev–Trinajstić information content (AvgIpc) is 2.36. The Morgan fingerprint density at radius 2 is 2.06 bits per heavy atom. The Morgan fingerprint density at radius 1 is 1.28 bits per heavy atom. The number of hydrogen-bond donors (Lipinski definition) is 0. The third kappa shape index (κ3) is 2.97. The zero-order chi connectivity index (χ0) is 13.1. The first-order chi connectivity index (χ1) is 8.60. The lowest BCUT2D eigenvalue weighted by Gasteiger charge is -2.08. The van der Waals surface area contributed by atoms with Crippen molar-refractivity contribution in [3.05, 3.63) is 52.1 Å². The number of aromatic nitrogens is 1. The third-order valence-corrected chi connectivity index (χ3v) is 3.07. The molecule has 0 unspecified atom stereocenters. The van der Waals surface area contributed by atoms with Gasteiger partial charge in [-0.05, 0) is 34.1 Å². The monoisotopic (exact) mass is 333 g/mol. The van der Waals surface area contributed by atoms with Gasteiger partial charge in [0.15, 0.2) is 0 Å². The summed E-state index contributed by atoms with van der Waals surface area (Å²) in [5, 5.41) is 0. The minimum Gasteiger partial charge on any atom is -0.439 e. The molecule has 0 fully saturated rings. The molecule has 0 saturated carbocycles. The summed E-state index contributed by atoms with van der Waals surface area (Å²) in [6.07, 6.45) is 1.01. The second-order valence-corrected chi connectivity index (χ2v) is 4.55. The van der Waals surface area contributed by atoms with E-state index < -0.39 is 11.6 Å². The van der Waals surface area contributed by atoms with Gasteiger partial charge in [0.05, 0.1) is 16.5 Å². The highest BCUT2D eigenvalue weighted by atomic mass is 79.9. The second-order valence-electron chi connectivity index (χ2n) is 3.43. The maximum absolute atomic E-state index is 13.3. The summed E-state index contributed by atoms with van der Waals surface area (Å²) >= 11 is 8.69. The maximum atomic E-state index is 13.3. The molecule has 2 rings (SSSR count). The van der Waals surface area contributed by atoms with Crippen LogP contribution in [0.4, 0.5) is 8.78 Å².